The monoisotopic (exact) mass is 388 g/mol. The molecule has 0 spiro atoms. The molecule has 1 saturated heterocycles. The van der Waals surface area contributed by atoms with Gasteiger partial charge in [0.05, 0.1) is 18.1 Å². The number of carboxylic acids is 1. The van der Waals surface area contributed by atoms with Crippen LogP contribution >= 0.6 is 11.6 Å². The van der Waals surface area contributed by atoms with Gasteiger partial charge < -0.3 is 19.5 Å². The molecule has 1 aromatic heterocycles. The van der Waals surface area contributed by atoms with Crippen molar-refractivity contribution in [1.82, 2.24) is 4.98 Å². The molecule has 3 rings (SSSR count). The Morgan fingerprint density at radius 3 is 2.62 bits per heavy atom. The summed E-state index contributed by atoms with van der Waals surface area (Å²) in [6.45, 7) is 0.665. The molecule has 0 amide bonds. The van der Waals surface area contributed by atoms with Crippen molar-refractivity contribution >= 4 is 23.4 Å². The summed E-state index contributed by atoms with van der Waals surface area (Å²) in [4.78, 5) is 17.0. The number of alkyl halides is 3. The number of benzene rings is 1. The van der Waals surface area contributed by atoms with Gasteiger partial charge in [0.25, 0.3) is 0 Å². The van der Waals surface area contributed by atoms with Gasteiger partial charge in [-0.05, 0) is 18.2 Å². The molecule has 26 heavy (non-hydrogen) atoms. The SMILES string of the molecule is O=C(O)c1cc(Cl)cnc1N1CC(Oc2cccc(OC(F)(F)F)c2)C1. The number of nitrogens with zero attached hydrogens (tertiary/aromatic N) is 2. The number of carbonyl (C=O) groups is 1. The predicted molar refractivity (Wildman–Crippen MR) is 86.0 cm³/mol. The second kappa shape index (κ2) is 6.91. The Morgan fingerprint density at radius 1 is 1.27 bits per heavy atom. The van der Waals surface area contributed by atoms with E-state index in [4.69, 9.17) is 16.3 Å². The molecule has 0 radical (unpaired) electrons. The molecule has 0 atom stereocenters. The third-order valence-electron chi connectivity index (χ3n) is 3.55. The van der Waals surface area contributed by atoms with Gasteiger partial charge in [-0.1, -0.05) is 17.7 Å². The number of anilines is 1. The van der Waals surface area contributed by atoms with Crippen molar-refractivity contribution in [2.24, 2.45) is 0 Å². The largest absolute Gasteiger partial charge is 0.573 e. The zero-order valence-corrected chi connectivity index (χ0v) is 13.8. The predicted octanol–water partition coefficient (Wildman–Crippen LogP) is 3.60. The van der Waals surface area contributed by atoms with Crippen LogP contribution in [0.25, 0.3) is 0 Å². The van der Waals surface area contributed by atoms with Crippen LogP contribution in [-0.4, -0.2) is 41.6 Å². The third kappa shape index (κ3) is 4.29. The topological polar surface area (TPSA) is 71.9 Å². The smallest absolute Gasteiger partial charge is 0.487 e. The van der Waals surface area contributed by atoms with E-state index in [1.807, 2.05) is 0 Å². The lowest BCUT2D eigenvalue weighted by atomic mass is 10.1. The quantitative estimate of drug-likeness (QED) is 0.843. The number of hydrogen-bond acceptors (Lipinski definition) is 5. The van der Waals surface area contributed by atoms with Crippen molar-refractivity contribution in [2.45, 2.75) is 12.5 Å². The molecule has 2 aromatic rings. The highest BCUT2D eigenvalue weighted by Crippen LogP contribution is 2.30. The van der Waals surface area contributed by atoms with Crippen LogP contribution in [0.3, 0.4) is 0 Å². The molecule has 1 aromatic carbocycles. The fourth-order valence-electron chi connectivity index (χ4n) is 2.46. The first kappa shape index (κ1) is 18.1. The molecule has 1 N–H and O–H groups in total. The molecule has 0 aliphatic carbocycles. The highest BCUT2D eigenvalue weighted by molar-refractivity contribution is 6.30. The summed E-state index contributed by atoms with van der Waals surface area (Å²) in [5.74, 6) is -1.05. The minimum absolute atomic E-state index is 0.0310. The molecule has 0 saturated carbocycles. The Balaban J connectivity index is 1.63. The van der Waals surface area contributed by atoms with Gasteiger partial charge in [0.15, 0.2) is 0 Å². The van der Waals surface area contributed by atoms with E-state index >= 15 is 0 Å². The molecule has 6 nitrogen and oxygen atoms in total. The molecule has 2 heterocycles. The number of hydrogen-bond donors (Lipinski definition) is 1. The van der Waals surface area contributed by atoms with E-state index in [9.17, 15) is 23.1 Å². The van der Waals surface area contributed by atoms with Crippen molar-refractivity contribution in [1.29, 1.82) is 0 Å². The standard InChI is InChI=1S/C16H12ClF3N2O4/c17-9-4-13(15(23)24)14(21-6-9)22-7-12(8-22)25-10-2-1-3-11(5-10)26-16(18,19)20/h1-6,12H,7-8H2,(H,23,24). The van der Waals surface area contributed by atoms with Crippen LogP contribution in [0, 0.1) is 0 Å². The first-order valence-electron chi connectivity index (χ1n) is 7.37. The van der Waals surface area contributed by atoms with Crippen molar-refractivity contribution in [3.63, 3.8) is 0 Å². The van der Waals surface area contributed by atoms with E-state index in [0.29, 0.717) is 13.1 Å². The van der Waals surface area contributed by atoms with Gasteiger partial charge in [0.1, 0.15) is 29.0 Å². The first-order chi connectivity index (χ1) is 12.2. The molecule has 0 bridgehead atoms. The first-order valence-corrected chi connectivity index (χ1v) is 7.75. The van der Waals surface area contributed by atoms with Gasteiger partial charge in [-0.15, -0.1) is 13.2 Å². The van der Waals surface area contributed by atoms with E-state index in [1.54, 1.807) is 4.90 Å². The summed E-state index contributed by atoms with van der Waals surface area (Å²) >= 11 is 5.76. The summed E-state index contributed by atoms with van der Waals surface area (Å²) < 4.78 is 46.2. The fourth-order valence-corrected chi connectivity index (χ4v) is 2.62. The number of rotatable bonds is 5. The summed E-state index contributed by atoms with van der Waals surface area (Å²) in [6, 6.07) is 6.51. The second-order valence-corrected chi connectivity index (χ2v) is 5.93. The minimum Gasteiger partial charge on any atom is -0.487 e. The second-order valence-electron chi connectivity index (χ2n) is 5.50. The summed E-state index contributed by atoms with van der Waals surface area (Å²) in [5, 5.41) is 9.43. The molecule has 138 valence electrons. The van der Waals surface area contributed by atoms with Crippen LogP contribution in [0.1, 0.15) is 10.4 Å². The van der Waals surface area contributed by atoms with Crippen LogP contribution < -0.4 is 14.4 Å². The van der Waals surface area contributed by atoms with Gasteiger partial charge in [-0.25, -0.2) is 9.78 Å². The van der Waals surface area contributed by atoms with E-state index in [0.717, 1.165) is 6.07 Å². The Labute approximate surface area is 150 Å². The van der Waals surface area contributed by atoms with Crippen molar-refractivity contribution in [2.75, 3.05) is 18.0 Å². The molecule has 10 heteroatoms. The highest BCUT2D eigenvalue weighted by Gasteiger charge is 2.33. The number of aromatic nitrogens is 1. The Bertz CT molecular complexity index is 825. The zero-order chi connectivity index (χ0) is 18.9. The van der Waals surface area contributed by atoms with Crippen LogP contribution in [0.4, 0.5) is 19.0 Å². The van der Waals surface area contributed by atoms with Crippen LogP contribution in [-0.2, 0) is 0 Å². The Hall–Kier alpha value is -2.68. The van der Waals surface area contributed by atoms with E-state index < -0.39 is 12.3 Å². The molecule has 0 unspecified atom stereocenters. The van der Waals surface area contributed by atoms with Gasteiger partial charge in [0, 0.05) is 12.3 Å². The van der Waals surface area contributed by atoms with E-state index in [1.165, 1.54) is 30.5 Å². The average Bonchev–Trinajstić information content (AvgIpc) is 2.49. The van der Waals surface area contributed by atoms with Crippen LogP contribution in [0.2, 0.25) is 5.02 Å². The summed E-state index contributed by atoms with van der Waals surface area (Å²) in [5.41, 5.74) is -0.0310. The Morgan fingerprint density at radius 2 is 1.96 bits per heavy atom. The number of carboxylic acid groups (broad SMARTS) is 1. The summed E-state index contributed by atoms with van der Waals surface area (Å²) in [7, 11) is 0. The van der Waals surface area contributed by atoms with Gasteiger partial charge in [-0.3, -0.25) is 0 Å². The van der Waals surface area contributed by atoms with Gasteiger partial charge in [-0.2, -0.15) is 0 Å². The van der Waals surface area contributed by atoms with Crippen LogP contribution in [0.5, 0.6) is 11.5 Å². The van der Waals surface area contributed by atoms with Crippen molar-refractivity contribution in [3.8, 4) is 11.5 Å². The fraction of sp³-hybridized carbons (Fsp3) is 0.250. The molecular formula is C16H12ClF3N2O4. The highest BCUT2D eigenvalue weighted by atomic mass is 35.5. The lowest BCUT2D eigenvalue weighted by Gasteiger charge is -2.40. The molecule has 1 fully saturated rings. The maximum atomic E-state index is 12.2. The third-order valence-corrected chi connectivity index (χ3v) is 3.76. The number of aromatic carboxylic acids is 1. The Kier molecular flexibility index (Phi) is 4.82. The normalized spacial score (nSPS) is 14.7. The molecule has 1 aliphatic heterocycles. The average molecular weight is 389 g/mol. The lowest BCUT2D eigenvalue weighted by Crippen LogP contribution is -2.54. The van der Waals surface area contributed by atoms with Gasteiger partial charge in [0.2, 0.25) is 0 Å². The maximum Gasteiger partial charge on any atom is 0.573 e. The minimum atomic E-state index is -4.78. The number of halogens is 4. The van der Waals surface area contributed by atoms with E-state index in [2.05, 4.69) is 9.72 Å². The van der Waals surface area contributed by atoms with Crippen molar-refractivity contribution < 1.29 is 32.5 Å². The van der Waals surface area contributed by atoms with E-state index in [-0.39, 0.29) is 34.0 Å². The number of pyridine rings is 1. The zero-order valence-electron chi connectivity index (χ0n) is 13.0. The van der Waals surface area contributed by atoms with Crippen molar-refractivity contribution in [3.05, 3.63) is 47.1 Å². The number of ether oxygens (including phenoxy) is 2. The summed E-state index contributed by atoms with van der Waals surface area (Å²) in [6.07, 6.45) is -3.76. The maximum absolute atomic E-state index is 12.2. The van der Waals surface area contributed by atoms with Gasteiger partial charge >= 0.3 is 12.3 Å². The molecule has 1 aliphatic rings. The van der Waals surface area contributed by atoms with Crippen LogP contribution in [0.15, 0.2) is 36.5 Å². The lowest BCUT2D eigenvalue weighted by molar-refractivity contribution is -0.274. The molecular weight excluding hydrogens is 377 g/mol.